The normalized spacial score (nSPS) is 15.4. The summed E-state index contributed by atoms with van der Waals surface area (Å²) in [6.07, 6.45) is 1.77. The van der Waals surface area contributed by atoms with E-state index in [4.69, 9.17) is 14.2 Å². The fraction of sp³-hybridized carbons (Fsp3) is 0.600. The predicted molar refractivity (Wildman–Crippen MR) is 74.5 cm³/mol. The van der Waals surface area contributed by atoms with Crippen molar-refractivity contribution in [2.75, 3.05) is 27.4 Å². The van der Waals surface area contributed by atoms with E-state index >= 15 is 0 Å². The smallest absolute Gasteiger partial charge is 0.176 e. The van der Waals surface area contributed by atoms with Gasteiger partial charge in [-0.3, -0.25) is 0 Å². The van der Waals surface area contributed by atoms with Gasteiger partial charge in [-0.1, -0.05) is 19.1 Å². The van der Waals surface area contributed by atoms with Crippen LogP contribution in [0.15, 0.2) is 18.2 Å². The first-order valence-corrected chi connectivity index (χ1v) is 6.84. The van der Waals surface area contributed by atoms with Crippen molar-refractivity contribution < 1.29 is 14.2 Å². The quantitative estimate of drug-likeness (QED) is 0.768. The average Bonchev–Trinajstić information content (AvgIpc) is 2.90. The van der Waals surface area contributed by atoms with Crippen molar-refractivity contribution in [3.8, 4) is 5.75 Å². The minimum absolute atomic E-state index is 0.0425. The topological polar surface area (TPSA) is 39.7 Å². The van der Waals surface area contributed by atoms with Gasteiger partial charge in [0.1, 0.15) is 5.75 Å². The van der Waals surface area contributed by atoms with Crippen molar-refractivity contribution in [2.45, 2.75) is 32.1 Å². The highest BCUT2D eigenvalue weighted by atomic mass is 16.7. The van der Waals surface area contributed by atoms with Crippen LogP contribution >= 0.6 is 0 Å². The van der Waals surface area contributed by atoms with Crippen LogP contribution in [0.3, 0.4) is 0 Å². The molecule has 1 N–H and O–H groups in total. The van der Waals surface area contributed by atoms with Gasteiger partial charge in [-0.15, -0.1) is 0 Å². The highest BCUT2D eigenvalue weighted by Crippen LogP contribution is 2.29. The first-order chi connectivity index (χ1) is 9.30. The summed E-state index contributed by atoms with van der Waals surface area (Å²) in [4.78, 5) is 0. The summed E-state index contributed by atoms with van der Waals surface area (Å²) < 4.78 is 16.4. The number of rotatable bonds is 7. The van der Waals surface area contributed by atoms with Gasteiger partial charge in [0.05, 0.1) is 12.6 Å². The van der Waals surface area contributed by atoms with Gasteiger partial charge < -0.3 is 19.5 Å². The Labute approximate surface area is 115 Å². The van der Waals surface area contributed by atoms with Gasteiger partial charge in [0.25, 0.3) is 0 Å². The highest BCUT2D eigenvalue weighted by molar-refractivity contribution is 5.41. The fourth-order valence-electron chi connectivity index (χ4n) is 2.44. The summed E-state index contributed by atoms with van der Waals surface area (Å²) >= 11 is 0. The number of hydrogen-bond acceptors (Lipinski definition) is 4. The van der Waals surface area contributed by atoms with E-state index < -0.39 is 0 Å². The molecule has 1 heterocycles. The molecule has 1 atom stereocenters. The molecular weight excluding hydrogens is 242 g/mol. The van der Waals surface area contributed by atoms with E-state index in [1.807, 2.05) is 6.07 Å². The van der Waals surface area contributed by atoms with Gasteiger partial charge in [-0.05, 0) is 30.2 Å². The monoisotopic (exact) mass is 265 g/mol. The summed E-state index contributed by atoms with van der Waals surface area (Å²) in [5.74, 6) is 1.00. The van der Waals surface area contributed by atoms with Gasteiger partial charge in [0, 0.05) is 20.6 Å². The Morgan fingerprint density at radius 3 is 2.79 bits per heavy atom. The number of methoxy groups -OCH3 is 2. The lowest BCUT2D eigenvalue weighted by molar-refractivity contribution is -0.124. The SMILES string of the molecule is CCCNC(c1ccc2c(c1)CCO2)C(OC)OC. The molecule has 1 aromatic carbocycles. The van der Waals surface area contributed by atoms with E-state index in [0.29, 0.717) is 0 Å². The van der Waals surface area contributed by atoms with E-state index in [-0.39, 0.29) is 12.3 Å². The molecule has 0 saturated heterocycles. The molecule has 0 saturated carbocycles. The number of hydrogen-bond donors (Lipinski definition) is 1. The fourth-order valence-corrected chi connectivity index (χ4v) is 2.44. The Bertz CT molecular complexity index is 404. The Kier molecular flexibility index (Phi) is 5.19. The van der Waals surface area contributed by atoms with Crippen molar-refractivity contribution in [3.63, 3.8) is 0 Å². The van der Waals surface area contributed by atoms with Crippen LogP contribution in [-0.4, -0.2) is 33.7 Å². The second kappa shape index (κ2) is 6.89. The third-order valence-electron chi connectivity index (χ3n) is 3.42. The van der Waals surface area contributed by atoms with Crippen molar-refractivity contribution in [1.29, 1.82) is 0 Å². The molecule has 0 aromatic heterocycles. The largest absolute Gasteiger partial charge is 0.493 e. The van der Waals surface area contributed by atoms with Crippen LogP contribution in [0.5, 0.6) is 5.75 Å². The third-order valence-corrected chi connectivity index (χ3v) is 3.42. The lowest BCUT2D eigenvalue weighted by atomic mass is 10.0. The lowest BCUT2D eigenvalue weighted by Crippen LogP contribution is -2.35. The van der Waals surface area contributed by atoms with Gasteiger partial charge in [0.2, 0.25) is 0 Å². The molecule has 0 aliphatic carbocycles. The van der Waals surface area contributed by atoms with Crippen molar-refractivity contribution in [2.24, 2.45) is 0 Å². The average molecular weight is 265 g/mol. The molecule has 1 aliphatic rings. The second-order valence-corrected chi connectivity index (χ2v) is 4.74. The third kappa shape index (κ3) is 3.26. The summed E-state index contributed by atoms with van der Waals surface area (Å²) in [5.41, 5.74) is 2.46. The predicted octanol–water partition coefficient (Wildman–Crippen LogP) is 2.28. The standard InChI is InChI=1S/C15H23NO3/c1-4-8-16-14(15(17-2)18-3)12-5-6-13-11(10-12)7-9-19-13/h5-6,10,14-16H,4,7-9H2,1-3H3. The number of nitrogens with one attached hydrogen (secondary N) is 1. The zero-order valence-electron chi connectivity index (χ0n) is 11.9. The molecule has 4 heteroatoms. The molecule has 0 radical (unpaired) electrons. The molecule has 19 heavy (non-hydrogen) atoms. The Morgan fingerprint density at radius 2 is 2.11 bits per heavy atom. The van der Waals surface area contributed by atoms with Crippen LogP contribution in [-0.2, 0) is 15.9 Å². The Balaban J connectivity index is 2.21. The van der Waals surface area contributed by atoms with Gasteiger partial charge in [-0.25, -0.2) is 0 Å². The molecule has 1 aliphatic heterocycles. The molecule has 1 unspecified atom stereocenters. The summed E-state index contributed by atoms with van der Waals surface area (Å²) in [5, 5.41) is 3.49. The molecule has 106 valence electrons. The summed E-state index contributed by atoms with van der Waals surface area (Å²) in [6.45, 7) is 3.86. The number of benzene rings is 1. The molecule has 1 aromatic rings. The van der Waals surface area contributed by atoms with E-state index in [0.717, 1.165) is 31.7 Å². The minimum Gasteiger partial charge on any atom is -0.493 e. The van der Waals surface area contributed by atoms with E-state index in [9.17, 15) is 0 Å². The molecule has 0 amide bonds. The van der Waals surface area contributed by atoms with Gasteiger partial charge in [0.15, 0.2) is 6.29 Å². The maximum absolute atomic E-state index is 5.54. The Morgan fingerprint density at radius 1 is 1.32 bits per heavy atom. The first kappa shape index (κ1) is 14.3. The first-order valence-electron chi connectivity index (χ1n) is 6.84. The van der Waals surface area contributed by atoms with Crippen LogP contribution in [0.4, 0.5) is 0 Å². The maximum atomic E-state index is 5.54. The highest BCUT2D eigenvalue weighted by Gasteiger charge is 2.24. The van der Waals surface area contributed by atoms with E-state index in [2.05, 4.69) is 24.4 Å². The van der Waals surface area contributed by atoms with Crippen LogP contribution in [0.25, 0.3) is 0 Å². The number of ether oxygens (including phenoxy) is 3. The Hall–Kier alpha value is -1.10. The minimum atomic E-state index is -0.285. The number of fused-ring (bicyclic) bond motifs is 1. The zero-order chi connectivity index (χ0) is 13.7. The van der Waals surface area contributed by atoms with E-state index in [1.165, 1.54) is 11.1 Å². The molecular formula is C15H23NO3. The molecule has 0 fully saturated rings. The van der Waals surface area contributed by atoms with Gasteiger partial charge in [-0.2, -0.15) is 0 Å². The molecule has 2 rings (SSSR count). The molecule has 0 spiro atoms. The van der Waals surface area contributed by atoms with Crippen molar-refractivity contribution in [3.05, 3.63) is 29.3 Å². The zero-order valence-corrected chi connectivity index (χ0v) is 11.9. The van der Waals surface area contributed by atoms with Crippen LogP contribution in [0.2, 0.25) is 0 Å². The van der Waals surface area contributed by atoms with Crippen molar-refractivity contribution in [1.82, 2.24) is 5.32 Å². The van der Waals surface area contributed by atoms with Crippen LogP contribution < -0.4 is 10.1 Å². The van der Waals surface area contributed by atoms with E-state index in [1.54, 1.807) is 14.2 Å². The summed E-state index contributed by atoms with van der Waals surface area (Å²) in [6, 6.07) is 6.37. The lowest BCUT2D eigenvalue weighted by Gasteiger charge is -2.26. The van der Waals surface area contributed by atoms with Crippen LogP contribution in [0.1, 0.15) is 30.5 Å². The van der Waals surface area contributed by atoms with Gasteiger partial charge >= 0.3 is 0 Å². The maximum Gasteiger partial charge on any atom is 0.176 e. The second-order valence-electron chi connectivity index (χ2n) is 4.74. The summed E-state index contributed by atoms with van der Waals surface area (Å²) in [7, 11) is 3.34. The van der Waals surface area contributed by atoms with Crippen molar-refractivity contribution >= 4 is 0 Å². The molecule has 4 nitrogen and oxygen atoms in total. The van der Waals surface area contributed by atoms with Crippen LogP contribution in [0, 0.1) is 0 Å². The molecule has 0 bridgehead atoms.